The first kappa shape index (κ1) is 15.2. The van der Waals surface area contributed by atoms with E-state index in [1.165, 1.54) is 0 Å². The van der Waals surface area contributed by atoms with E-state index in [1.807, 2.05) is 24.0 Å². The smallest absolute Gasteiger partial charge is 0.234 e. The van der Waals surface area contributed by atoms with Gasteiger partial charge in [0.2, 0.25) is 5.91 Å². The predicted octanol–water partition coefficient (Wildman–Crippen LogP) is 2.36. The molecule has 2 rings (SSSR count). The number of nitrogens with zero attached hydrogens (tertiary/aromatic N) is 1. The summed E-state index contributed by atoms with van der Waals surface area (Å²) in [5, 5.41) is 0. The number of ketones is 1. The molecule has 5 heteroatoms. The van der Waals surface area contributed by atoms with Crippen molar-refractivity contribution >= 4 is 27.6 Å². The van der Waals surface area contributed by atoms with Crippen LogP contribution in [-0.4, -0.2) is 35.2 Å². The maximum Gasteiger partial charge on any atom is 0.234 e. The third-order valence-corrected chi connectivity index (χ3v) is 4.41. The van der Waals surface area contributed by atoms with Gasteiger partial charge in [0.05, 0.1) is 12.1 Å². The van der Waals surface area contributed by atoms with Crippen LogP contribution in [0.25, 0.3) is 0 Å². The lowest BCUT2D eigenvalue weighted by atomic mass is 9.96. The molecule has 2 N–H and O–H groups in total. The molecule has 0 aliphatic carbocycles. The zero-order valence-electron chi connectivity index (χ0n) is 11.5. The van der Waals surface area contributed by atoms with Crippen molar-refractivity contribution in [3.8, 4) is 0 Å². The molecular weight excluding hydrogens is 320 g/mol. The average molecular weight is 339 g/mol. The molecule has 4 nitrogen and oxygen atoms in total. The van der Waals surface area contributed by atoms with E-state index < -0.39 is 0 Å². The van der Waals surface area contributed by atoms with E-state index in [4.69, 9.17) is 5.73 Å². The SMILES string of the molecule is CC(C(=O)c1ccc(Br)cc1)N1CCCCC1C(N)=O. The van der Waals surface area contributed by atoms with Crippen LogP contribution in [0.2, 0.25) is 0 Å². The number of nitrogens with two attached hydrogens (primary N) is 1. The molecule has 1 amide bonds. The number of hydrogen-bond donors (Lipinski definition) is 1. The van der Waals surface area contributed by atoms with E-state index in [1.54, 1.807) is 12.1 Å². The molecule has 0 spiro atoms. The number of primary amides is 1. The van der Waals surface area contributed by atoms with Crippen LogP contribution in [0.1, 0.15) is 36.5 Å². The third kappa shape index (κ3) is 3.27. The normalized spacial score (nSPS) is 21.4. The first-order valence-corrected chi connectivity index (χ1v) is 7.65. The second kappa shape index (κ2) is 6.50. The number of Topliss-reactive ketones (excluding diaryl/α,β-unsaturated/α-hetero) is 1. The molecule has 0 saturated carbocycles. The molecule has 1 aliphatic heterocycles. The van der Waals surface area contributed by atoms with Gasteiger partial charge in [0.15, 0.2) is 5.78 Å². The molecule has 20 heavy (non-hydrogen) atoms. The Hall–Kier alpha value is -1.20. The standard InChI is InChI=1S/C15H19BrN2O2/c1-10(14(19)11-5-7-12(16)8-6-11)18-9-3-2-4-13(18)15(17)20/h5-8,10,13H,2-4,9H2,1H3,(H2,17,20). The molecule has 0 aromatic heterocycles. The fourth-order valence-corrected chi connectivity index (χ4v) is 2.99. The minimum Gasteiger partial charge on any atom is -0.368 e. The summed E-state index contributed by atoms with van der Waals surface area (Å²) >= 11 is 3.35. The van der Waals surface area contributed by atoms with Crippen molar-refractivity contribution < 1.29 is 9.59 Å². The molecule has 2 unspecified atom stereocenters. The van der Waals surface area contributed by atoms with Crippen molar-refractivity contribution in [1.82, 2.24) is 4.90 Å². The lowest BCUT2D eigenvalue weighted by Crippen LogP contribution is -2.53. The lowest BCUT2D eigenvalue weighted by molar-refractivity contribution is -0.124. The molecule has 108 valence electrons. The highest BCUT2D eigenvalue weighted by Gasteiger charge is 2.33. The van der Waals surface area contributed by atoms with Crippen LogP contribution < -0.4 is 5.73 Å². The molecule has 1 saturated heterocycles. The van der Waals surface area contributed by atoms with Crippen molar-refractivity contribution in [2.45, 2.75) is 38.3 Å². The Kier molecular flexibility index (Phi) is 4.94. The van der Waals surface area contributed by atoms with Crippen molar-refractivity contribution in [2.75, 3.05) is 6.54 Å². The summed E-state index contributed by atoms with van der Waals surface area (Å²) in [6.07, 6.45) is 2.73. The lowest BCUT2D eigenvalue weighted by Gasteiger charge is -2.37. The van der Waals surface area contributed by atoms with Gasteiger partial charge >= 0.3 is 0 Å². The van der Waals surface area contributed by atoms with Crippen LogP contribution in [0, 0.1) is 0 Å². The number of rotatable bonds is 4. The zero-order chi connectivity index (χ0) is 14.7. The second-order valence-electron chi connectivity index (χ2n) is 5.20. The number of piperidine rings is 1. The quantitative estimate of drug-likeness (QED) is 0.857. The fourth-order valence-electron chi connectivity index (χ4n) is 2.73. The summed E-state index contributed by atoms with van der Waals surface area (Å²) in [4.78, 5) is 26.0. The largest absolute Gasteiger partial charge is 0.368 e. The minimum atomic E-state index is -0.333. The summed E-state index contributed by atoms with van der Waals surface area (Å²) in [6, 6.07) is 6.65. The van der Waals surface area contributed by atoms with Crippen molar-refractivity contribution in [2.24, 2.45) is 5.73 Å². The zero-order valence-corrected chi connectivity index (χ0v) is 13.1. The van der Waals surface area contributed by atoms with Gasteiger partial charge in [0, 0.05) is 10.0 Å². The molecule has 1 fully saturated rings. The molecule has 1 aromatic carbocycles. The first-order chi connectivity index (χ1) is 9.50. The van der Waals surface area contributed by atoms with Gasteiger partial charge in [-0.15, -0.1) is 0 Å². The second-order valence-corrected chi connectivity index (χ2v) is 6.11. The molecule has 2 atom stereocenters. The van der Waals surface area contributed by atoms with Gasteiger partial charge in [0.1, 0.15) is 0 Å². The summed E-state index contributed by atoms with van der Waals surface area (Å²) < 4.78 is 0.940. The van der Waals surface area contributed by atoms with Crippen molar-refractivity contribution in [1.29, 1.82) is 0 Å². The van der Waals surface area contributed by atoms with Crippen LogP contribution in [-0.2, 0) is 4.79 Å². The minimum absolute atomic E-state index is 0.0330. The van der Waals surface area contributed by atoms with Gasteiger partial charge in [0.25, 0.3) is 0 Å². The number of carbonyl (C=O) groups excluding carboxylic acids is 2. The Morgan fingerprint density at radius 1 is 1.30 bits per heavy atom. The van der Waals surface area contributed by atoms with Crippen molar-refractivity contribution in [3.63, 3.8) is 0 Å². The molecule has 1 heterocycles. The predicted molar refractivity (Wildman–Crippen MR) is 81.5 cm³/mol. The Morgan fingerprint density at radius 2 is 1.95 bits per heavy atom. The van der Waals surface area contributed by atoms with Gasteiger partial charge < -0.3 is 5.73 Å². The van der Waals surface area contributed by atoms with Gasteiger partial charge in [-0.05, 0) is 38.4 Å². The number of likely N-dealkylation sites (tertiary alicyclic amines) is 1. The summed E-state index contributed by atoms with van der Waals surface area (Å²) in [7, 11) is 0. The van der Waals surface area contributed by atoms with E-state index in [-0.39, 0.29) is 23.8 Å². The molecule has 1 aromatic rings. The first-order valence-electron chi connectivity index (χ1n) is 6.85. The Bertz CT molecular complexity index is 501. The van der Waals surface area contributed by atoms with E-state index in [2.05, 4.69) is 15.9 Å². The van der Waals surface area contributed by atoms with Crippen LogP contribution >= 0.6 is 15.9 Å². The monoisotopic (exact) mass is 338 g/mol. The fraction of sp³-hybridized carbons (Fsp3) is 0.467. The van der Waals surface area contributed by atoms with Gasteiger partial charge in [-0.3, -0.25) is 14.5 Å². The Balaban J connectivity index is 2.16. The maximum absolute atomic E-state index is 12.5. The topological polar surface area (TPSA) is 63.4 Å². The third-order valence-electron chi connectivity index (χ3n) is 3.88. The van der Waals surface area contributed by atoms with Crippen LogP contribution in [0.5, 0.6) is 0 Å². The molecule has 1 aliphatic rings. The highest BCUT2D eigenvalue weighted by Crippen LogP contribution is 2.22. The maximum atomic E-state index is 12.5. The van der Waals surface area contributed by atoms with Crippen LogP contribution in [0.4, 0.5) is 0 Å². The summed E-state index contributed by atoms with van der Waals surface area (Å²) in [5.74, 6) is -0.300. The van der Waals surface area contributed by atoms with E-state index in [9.17, 15) is 9.59 Å². The van der Waals surface area contributed by atoms with Crippen LogP contribution in [0.15, 0.2) is 28.7 Å². The van der Waals surface area contributed by atoms with E-state index >= 15 is 0 Å². The Morgan fingerprint density at radius 3 is 2.55 bits per heavy atom. The number of benzene rings is 1. The molecule has 0 radical (unpaired) electrons. The van der Waals surface area contributed by atoms with E-state index in [0.29, 0.717) is 5.56 Å². The molecular formula is C15H19BrN2O2. The van der Waals surface area contributed by atoms with Crippen molar-refractivity contribution in [3.05, 3.63) is 34.3 Å². The number of hydrogen-bond acceptors (Lipinski definition) is 3. The average Bonchev–Trinajstić information content (AvgIpc) is 2.46. The number of amides is 1. The summed E-state index contributed by atoms with van der Waals surface area (Å²) in [6.45, 7) is 2.60. The highest BCUT2D eigenvalue weighted by atomic mass is 79.9. The van der Waals surface area contributed by atoms with Gasteiger partial charge in [-0.1, -0.05) is 34.5 Å². The number of halogens is 1. The highest BCUT2D eigenvalue weighted by molar-refractivity contribution is 9.10. The Labute approximate surface area is 127 Å². The van der Waals surface area contributed by atoms with Gasteiger partial charge in [-0.2, -0.15) is 0 Å². The van der Waals surface area contributed by atoms with Gasteiger partial charge in [-0.25, -0.2) is 0 Å². The molecule has 0 bridgehead atoms. The van der Waals surface area contributed by atoms with E-state index in [0.717, 1.165) is 30.3 Å². The number of carbonyl (C=O) groups is 2. The summed E-state index contributed by atoms with van der Waals surface area (Å²) in [5.41, 5.74) is 6.12. The van der Waals surface area contributed by atoms with Crippen LogP contribution in [0.3, 0.4) is 0 Å².